The van der Waals surface area contributed by atoms with Gasteiger partial charge in [-0.25, -0.2) is 4.79 Å². The minimum atomic E-state index is -1.08. The van der Waals surface area contributed by atoms with Gasteiger partial charge in [-0.1, -0.05) is 15.9 Å². The lowest BCUT2D eigenvalue weighted by Crippen LogP contribution is -2.42. The number of amides is 1. The zero-order valence-corrected chi connectivity index (χ0v) is 15.4. The number of carboxylic acid groups (broad SMARTS) is 1. The Bertz CT molecular complexity index is 749. The van der Waals surface area contributed by atoms with Crippen LogP contribution in [0.3, 0.4) is 0 Å². The van der Waals surface area contributed by atoms with Gasteiger partial charge in [-0.3, -0.25) is 4.79 Å². The summed E-state index contributed by atoms with van der Waals surface area (Å²) in [6, 6.07) is 6.29. The standard InChI is InChI=1S/C17H21BrN2O4/c1-17(2,3)24-7-6-13(16(22)23)20-15(21)14-9-10-8-11(18)4-5-12(10)19-14/h4-5,8-9,13,19H,6-7H2,1-3H3,(H,20,21)(H,22,23). The number of hydrogen-bond acceptors (Lipinski definition) is 3. The molecular weight excluding hydrogens is 376 g/mol. The lowest BCUT2D eigenvalue weighted by Gasteiger charge is -2.21. The number of fused-ring (bicyclic) bond motifs is 1. The van der Waals surface area contributed by atoms with Crippen LogP contribution in [-0.2, 0) is 9.53 Å². The summed E-state index contributed by atoms with van der Waals surface area (Å²) >= 11 is 3.38. The molecule has 1 aromatic carbocycles. The maximum Gasteiger partial charge on any atom is 0.326 e. The molecule has 1 unspecified atom stereocenters. The molecule has 1 aromatic heterocycles. The molecule has 2 rings (SSSR count). The van der Waals surface area contributed by atoms with Crippen LogP contribution in [0.4, 0.5) is 0 Å². The van der Waals surface area contributed by atoms with E-state index in [-0.39, 0.29) is 18.6 Å². The van der Waals surface area contributed by atoms with Crippen molar-refractivity contribution in [3.63, 3.8) is 0 Å². The number of hydrogen-bond donors (Lipinski definition) is 3. The number of rotatable bonds is 6. The molecule has 2 aromatic rings. The number of halogens is 1. The molecule has 1 amide bonds. The fourth-order valence-corrected chi connectivity index (χ4v) is 2.58. The molecule has 0 fully saturated rings. The summed E-state index contributed by atoms with van der Waals surface area (Å²) in [6.07, 6.45) is 0.199. The molecule has 6 nitrogen and oxygen atoms in total. The molecule has 0 aliphatic rings. The summed E-state index contributed by atoms with van der Waals surface area (Å²) < 4.78 is 6.44. The van der Waals surface area contributed by atoms with Gasteiger partial charge in [-0.05, 0) is 45.0 Å². The molecule has 1 heterocycles. The van der Waals surface area contributed by atoms with Crippen LogP contribution in [0.15, 0.2) is 28.7 Å². The quantitative estimate of drug-likeness (QED) is 0.698. The molecule has 0 radical (unpaired) electrons. The van der Waals surface area contributed by atoms with Crippen molar-refractivity contribution in [1.29, 1.82) is 0 Å². The lowest BCUT2D eigenvalue weighted by molar-refractivity contribution is -0.140. The molecule has 3 N–H and O–H groups in total. The van der Waals surface area contributed by atoms with Crippen molar-refractivity contribution in [1.82, 2.24) is 10.3 Å². The molecule has 7 heteroatoms. The molecule has 1 atom stereocenters. The second kappa shape index (κ2) is 7.36. The second-order valence-corrected chi connectivity index (χ2v) is 7.44. The van der Waals surface area contributed by atoms with Crippen molar-refractivity contribution in [3.8, 4) is 0 Å². The maximum absolute atomic E-state index is 12.3. The zero-order valence-electron chi connectivity index (χ0n) is 13.9. The molecule has 130 valence electrons. The third-order valence-electron chi connectivity index (χ3n) is 3.37. The average molecular weight is 397 g/mol. The van der Waals surface area contributed by atoms with Gasteiger partial charge in [0.15, 0.2) is 0 Å². The van der Waals surface area contributed by atoms with Crippen LogP contribution in [0.25, 0.3) is 10.9 Å². The third kappa shape index (κ3) is 5.07. The van der Waals surface area contributed by atoms with Crippen molar-refractivity contribution in [2.45, 2.75) is 38.8 Å². The summed E-state index contributed by atoms with van der Waals surface area (Å²) in [4.78, 5) is 26.7. The summed E-state index contributed by atoms with van der Waals surface area (Å²) in [7, 11) is 0. The predicted octanol–water partition coefficient (Wildman–Crippen LogP) is 3.32. The number of aromatic nitrogens is 1. The van der Waals surface area contributed by atoms with E-state index in [1.165, 1.54) is 0 Å². The van der Waals surface area contributed by atoms with Gasteiger partial charge < -0.3 is 20.1 Å². The number of carbonyl (C=O) groups excluding carboxylic acids is 1. The van der Waals surface area contributed by atoms with Crippen LogP contribution in [0.5, 0.6) is 0 Å². The fraction of sp³-hybridized carbons (Fsp3) is 0.412. The highest BCUT2D eigenvalue weighted by Gasteiger charge is 2.22. The number of carboxylic acids is 1. The summed E-state index contributed by atoms with van der Waals surface area (Å²) in [6.45, 7) is 5.93. The Hall–Kier alpha value is -1.86. The van der Waals surface area contributed by atoms with Gasteiger partial charge in [0, 0.05) is 28.4 Å². The van der Waals surface area contributed by atoms with E-state index in [1.54, 1.807) is 6.07 Å². The zero-order chi connectivity index (χ0) is 17.9. The molecular formula is C17H21BrN2O4. The summed E-state index contributed by atoms with van der Waals surface area (Å²) in [5.41, 5.74) is 0.787. The molecule has 0 bridgehead atoms. The van der Waals surface area contributed by atoms with E-state index in [0.717, 1.165) is 15.4 Å². The van der Waals surface area contributed by atoms with Crippen LogP contribution >= 0.6 is 15.9 Å². The number of aliphatic carboxylic acids is 1. The smallest absolute Gasteiger partial charge is 0.326 e. The van der Waals surface area contributed by atoms with Crippen molar-refractivity contribution in [2.75, 3.05) is 6.61 Å². The number of nitrogens with one attached hydrogen (secondary N) is 2. The first-order valence-corrected chi connectivity index (χ1v) is 8.41. The Balaban J connectivity index is 2.04. The third-order valence-corrected chi connectivity index (χ3v) is 3.87. The lowest BCUT2D eigenvalue weighted by atomic mass is 10.1. The average Bonchev–Trinajstić information content (AvgIpc) is 2.87. The normalized spacial score (nSPS) is 13.0. The van der Waals surface area contributed by atoms with Crippen LogP contribution in [0, 0.1) is 0 Å². The predicted molar refractivity (Wildman–Crippen MR) is 95.2 cm³/mol. The van der Waals surface area contributed by atoms with Gasteiger partial charge in [0.25, 0.3) is 5.91 Å². The number of H-pyrrole nitrogens is 1. The Labute approximate surface area is 148 Å². The van der Waals surface area contributed by atoms with Gasteiger partial charge in [0.1, 0.15) is 11.7 Å². The number of ether oxygens (including phenoxy) is 1. The number of benzene rings is 1. The summed E-state index contributed by atoms with van der Waals surface area (Å²) in [5, 5.41) is 12.7. The highest BCUT2D eigenvalue weighted by Crippen LogP contribution is 2.20. The van der Waals surface area contributed by atoms with E-state index in [2.05, 4.69) is 26.2 Å². The van der Waals surface area contributed by atoms with Gasteiger partial charge >= 0.3 is 5.97 Å². The Morgan fingerprint density at radius 2 is 2.04 bits per heavy atom. The Morgan fingerprint density at radius 3 is 2.67 bits per heavy atom. The SMILES string of the molecule is CC(C)(C)OCCC(NC(=O)c1cc2cc(Br)ccc2[nH]1)C(=O)O. The van der Waals surface area contributed by atoms with E-state index in [9.17, 15) is 14.7 Å². The Morgan fingerprint density at radius 1 is 1.33 bits per heavy atom. The topological polar surface area (TPSA) is 91.4 Å². The van der Waals surface area contributed by atoms with Crippen LogP contribution in [0.2, 0.25) is 0 Å². The number of carbonyl (C=O) groups is 2. The van der Waals surface area contributed by atoms with Gasteiger partial charge in [-0.15, -0.1) is 0 Å². The molecule has 24 heavy (non-hydrogen) atoms. The molecule has 0 aliphatic carbocycles. The maximum atomic E-state index is 12.3. The van der Waals surface area contributed by atoms with E-state index < -0.39 is 17.9 Å². The fourth-order valence-electron chi connectivity index (χ4n) is 2.20. The highest BCUT2D eigenvalue weighted by molar-refractivity contribution is 9.10. The van der Waals surface area contributed by atoms with E-state index in [4.69, 9.17) is 4.74 Å². The molecule has 0 aliphatic heterocycles. The largest absolute Gasteiger partial charge is 0.480 e. The second-order valence-electron chi connectivity index (χ2n) is 6.53. The minimum absolute atomic E-state index is 0.199. The van der Waals surface area contributed by atoms with Crippen LogP contribution in [-0.4, -0.2) is 40.2 Å². The first kappa shape index (κ1) is 18.5. The Kier molecular flexibility index (Phi) is 5.66. The van der Waals surface area contributed by atoms with E-state index in [0.29, 0.717) is 5.69 Å². The molecule has 0 spiro atoms. The van der Waals surface area contributed by atoms with E-state index in [1.807, 2.05) is 39.0 Å². The minimum Gasteiger partial charge on any atom is -0.480 e. The van der Waals surface area contributed by atoms with E-state index >= 15 is 0 Å². The van der Waals surface area contributed by atoms with Gasteiger partial charge in [0.2, 0.25) is 0 Å². The molecule has 0 saturated carbocycles. The molecule has 0 saturated heterocycles. The first-order chi connectivity index (χ1) is 11.2. The van der Waals surface area contributed by atoms with Crippen LogP contribution < -0.4 is 5.32 Å². The first-order valence-electron chi connectivity index (χ1n) is 7.61. The van der Waals surface area contributed by atoms with Crippen LogP contribution in [0.1, 0.15) is 37.7 Å². The summed E-state index contributed by atoms with van der Waals surface area (Å²) in [5.74, 6) is -1.54. The van der Waals surface area contributed by atoms with Gasteiger partial charge in [-0.2, -0.15) is 0 Å². The van der Waals surface area contributed by atoms with Gasteiger partial charge in [0.05, 0.1) is 5.60 Å². The van der Waals surface area contributed by atoms with Crippen molar-refractivity contribution >= 4 is 38.7 Å². The monoisotopic (exact) mass is 396 g/mol. The van der Waals surface area contributed by atoms with Crippen molar-refractivity contribution in [2.24, 2.45) is 0 Å². The van der Waals surface area contributed by atoms with Crippen molar-refractivity contribution < 1.29 is 19.4 Å². The van der Waals surface area contributed by atoms with Crippen molar-refractivity contribution in [3.05, 3.63) is 34.4 Å². The highest BCUT2D eigenvalue weighted by atomic mass is 79.9. The number of aromatic amines is 1.